The van der Waals surface area contributed by atoms with Gasteiger partial charge in [0.05, 0.1) is 12.8 Å². The van der Waals surface area contributed by atoms with Crippen molar-refractivity contribution in [3.63, 3.8) is 0 Å². The zero-order valence-corrected chi connectivity index (χ0v) is 33.2. The first kappa shape index (κ1) is 37.0. The predicted octanol–water partition coefficient (Wildman–Crippen LogP) is 15.3. The van der Waals surface area contributed by atoms with Crippen molar-refractivity contribution in [2.45, 2.75) is 25.6 Å². The number of hydrogen-bond acceptors (Lipinski definition) is 4. The van der Waals surface area contributed by atoms with E-state index in [0.29, 0.717) is 5.69 Å². The Bertz CT molecular complexity index is 3080. The molecule has 4 nitrogen and oxygen atoms in total. The van der Waals surface area contributed by atoms with E-state index in [4.69, 9.17) is 4.74 Å². The fourth-order valence-electron chi connectivity index (χ4n) is 8.91. The predicted molar refractivity (Wildman–Crippen MR) is 239 cm³/mol. The average molecular weight is 793 g/mol. The van der Waals surface area contributed by atoms with Gasteiger partial charge in [-0.15, -0.1) is 13.2 Å². The number of halogens is 3. The molecule has 9 aromatic carbocycles. The fraction of sp³-hybridized carbons (Fsp3) is 0.0943. The van der Waals surface area contributed by atoms with Gasteiger partial charge in [0.1, 0.15) is 11.5 Å². The van der Waals surface area contributed by atoms with Crippen molar-refractivity contribution in [2.75, 3.05) is 16.9 Å². The fourth-order valence-corrected chi connectivity index (χ4v) is 8.91. The summed E-state index contributed by atoms with van der Waals surface area (Å²) < 4.78 is 49.6. The highest BCUT2D eigenvalue weighted by Crippen LogP contribution is 2.56. The van der Waals surface area contributed by atoms with Crippen LogP contribution >= 0.6 is 0 Å². The SMILES string of the molecule is COc1ccc(N(c2ccc3c(c2)C(C)(C)c2cc(N(c4ccc(OC(F)(F)F)cc4)c4ccc5ccccc5c4)c4ccccc4c2-3)c2ccc3ccccc3c2)cc1. The van der Waals surface area contributed by atoms with Crippen molar-refractivity contribution in [3.8, 4) is 22.6 Å². The van der Waals surface area contributed by atoms with E-state index in [1.54, 1.807) is 19.2 Å². The largest absolute Gasteiger partial charge is 0.573 e. The number of alkyl halides is 3. The zero-order chi connectivity index (χ0) is 41.2. The van der Waals surface area contributed by atoms with Crippen molar-refractivity contribution in [3.05, 3.63) is 193 Å². The van der Waals surface area contributed by atoms with Crippen molar-refractivity contribution >= 4 is 66.4 Å². The van der Waals surface area contributed by atoms with Gasteiger partial charge in [0.25, 0.3) is 0 Å². The van der Waals surface area contributed by atoms with Gasteiger partial charge in [-0.05, 0) is 140 Å². The Labute approximate surface area is 346 Å². The van der Waals surface area contributed by atoms with E-state index in [-0.39, 0.29) is 5.75 Å². The molecule has 1 aliphatic carbocycles. The van der Waals surface area contributed by atoms with Crippen molar-refractivity contribution in [2.24, 2.45) is 0 Å². The molecule has 0 unspecified atom stereocenters. The van der Waals surface area contributed by atoms with Gasteiger partial charge in [-0.1, -0.05) is 105 Å². The van der Waals surface area contributed by atoms with E-state index >= 15 is 0 Å². The van der Waals surface area contributed by atoms with Crippen LogP contribution in [0.4, 0.5) is 47.3 Å². The molecule has 0 bridgehead atoms. The first-order valence-electron chi connectivity index (χ1n) is 19.8. The number of fused-ring (bicyclic) bond motifs is 7. The second kappa shape index (κ2) is 14.2. The van der Waals surface area contributed by atoms with E-state index in [2.05, 4.69) is 156 Å². The molecule has 60 heavy (non-hydrogen) atoms. The van der Waals surface area contributed by atoms with Gasteiger partial charge in [0, 0.05) is 39.2 Å². The molecule has 0 spiro atoms. The molecular formula is C53H39F3N2O2. The maximum Gasteiger partial charge on any atom is 0.573 e. The molecule has 0 N–H and O–H groups in total. The van der Waals surface area contributed by atoms with E-state index in [9.17, 15) is 13.2 Å². The highest BCUT2D eigenvalue weighted by Gasteiger charge is 2.39. The first-order valence-corrected chi connectivity index (χ1v) is 19.8. The topological polar surface area (TPSA) is 24.9 Å². The molecule has 0 saturated heterocycles. The Morgan fingerprint density at radius 1 is 0.450 bits per heavy atom. The third kappa shape index (κ3) is 6.43. The number of nitrogens with zero attached hydrogens (tertiary/aromatic N) is 2. The molecule has 0 radical (unpaired) electrons. The summed E-state index contributed by atoms with van der Waals surface area (Å²) in [5, 5.41) is 6.58. The van der Waals surface area contributed by atoms with Crippen LogP contribution in [0.3, 0.4) is 0 Å². The summed E-state index contributed by atoms with van der Waals surface area (Å²) in [6, 6.07) is 61.1. The van der Waals surface area contributed by atoms with Gasteiger partial charge < -0.3 is 19.3 Å². The summed E-state index contributed by atoms with van der Waals surface area (Å²) in [5.41, 5.74) is 9.83. The number of methoxy groups -OCH3 is 1. The van der Waals surface area contributed by atoms with E-state index in [1.165, 1.54) is 34.2 Å². The molecule has 10 rings (SSSR count). The summed E-state index contributed by atoms with van der Waals surface area (Å²) in [5.74, 6) is 0.511. The summed E-state index contributed by atoms with van der Waals surface area (Å²) in [4.78, 5) is 4.43. The molecular weight excluding hydrogens is 754 g/mol. The third-order valence-electron chi connectivity index (χ3n) is 11.8. The van der Waals surface area contributed by atoms with Crippen LogP contribution in [0, 0.1) is 0 Å². The van der Waals surface area contributed by atoms with Crippen LogP contribution in [-0.2, 0) is 5.41 Å². The molecule has 0 amide bonds. The maximum atomic E-state index is 13.3. The molecule has 0 aromatic heterocycles. The Morgan fingerprint density at radius 2 is 0.933 bits per heavy atom. The molecule has 1 aliphatic rings. The number of hydrogen-bond donors (Lipinski definition) is 0. The van der Waals surface area contributed by atoms with Crippen molar-refractivity contribution < 1.29 is 22.6 Å². The molecule has 294 valence electrons. The molecule has 0 saturated carbocycles. The highest BCUT2D eigenvalue weighted by atomic mass is 19.4. The standard InChI is InChI=1S/C53H39F3N2O2/c1-52(2)48-32-42(57(38-20-25-43(59-3)26-21-38)40-18-16-34-10-4-6-12-36(34)30-40)24-29-47(48)51-46-15-9-8-14-45(46)50(33-49(51)52)58(39-22-27-44(28-23-39)60-53(54,55)56)41-19-17-35-11-5-7-13-37(35)31-41/h4-33H,1-3H3. The number of rotatable bonds is 8. The normalized spacial score (nSPS) is 13.0. The Morgan fingerprint density at radius 3 is 1.53 bits per heavy atom. The molecule has 0 atom stereocenters. The average Bonchev–Trinajstić information content (AvgIpc) is 3.49. The van der Waals surface area contributed by atoms with Gasteiger partial charge in [-0.25, -0.2) is 0 Å². The summed E-state index contributed by atoms with van der Waals surface area (Å²) in [7, 11) is 1.68. The van der Waals surface area contributed by atoms with Crippen LogP contribution in [0.2, 0.25) is 0 Å². The van der Waals surface area contributed by atoms with Gasteiger partial charge in [-0.2, -0.15) is 0 Å². The maximum absolute atomic E-state index is 13.3. The summed E-state index contributed by atoms with van der Waals surface area (Å²) >= 11 is 0. The highest BCUT2D eigenvalue weighted by molar-refractivity contribution is 6.10. The Balaban J connectivity index is 1.15. The number of anilines is 6. The minimum Gasteiger partial charge on any atom is -0.497 e. The summed E-state index contributed by atoms with van der Waals surface area (Å²) in [6.07, 6.45) is -4.79. The Hall–Kier alpha value is -7.25. The van der Waals surface area contributed by atoms with Crippen LogP contribution in [-0.4, -0.2) is 13.5 Å². The zero-order valence-electron chi connectivity index (χ0n) is 33.2. The smallest absolute Gasteiger partial charge is 0.497 e. The quantitative estimate of drug-likeness (QED) is 0.153. The molecule has 0 fully saturated rings. The minimum atomic E-state index is -4.79. The van der Waals surface area contributed by atoms with Gasteiger partial charge in [0.2, 0.25) is 0 Å². The number of ether oxygens (including phenoxy) is 2. The third-order valence-corrected chi connectivity index (χ3v) is 11.8. The molecule has 9 aromatic rings. The van der Waals surface area contributed by atoms with Crippen LogP contribution in [0.25, 0.3) is 43.4 Å². The van der Waals surface area contributed by atoms with Gasteiger partial charge in [-0.3, -0.25) is 0 Å². The van der Waals surface area contributed by atoms with Crippen LogP contribution < -0.4 is 19.3 Å². The lowest BCUT2D eigenvalue weighted by Crippen LogP contribution is -2.18. The Kier molecular flexibility index (Phi) is 8.79. The lowest BCUT2D eigenvalue weighted by molar-refractivity contribution is -0.274. The minimum absolute atomic E-state index is 0.275. The summed E-state index contributed by atoms with van der Waals surface area (Å²) in [6.45, 7) is 4.55. The van der Waals surface area contributed by atoms with Gasteiger partial charge in [0.15, 0.2) is 0 Å². The van der Waals surface area contributed by atoms with Crippen molar-refractivity contribution in [1.29, 1.82) is 0 Å². The molecule has 7 heteroatoms. The monoisotopic (exact) mass is 792 g/mol. The van der Waals surface area contributed by atoms with E-state index in [0.717, 1.165) is 66.7 Å². The van der Waals surface area contributed by atoms with Crippen LogP contribution in [0.15, 0.2) is 182 Å². The number of benzene rings is 9. The molecule has 0 heterocycles. The second-order valence-corrected chi connectivity index (χ2v) is 15.7. The second-order valence-electron chi connectivity index (χ2n) is 15.7. The van der Waals surface area contributed by atoms with E-state index in [1.807, 2.05) is 30.3 Å². The molecule has 0 aliphatic heterocycles. The van der Waals surface area contributed by atoms with Gasteiger partial charge >= 0.3 is 6.36 Å². The van der Waals surface area contributed by atoms with E-state index < -0.39 is 11.8 Å². The van der Waals surface area contributed by atoms with Crippen LogP contribution in [0.1, 0.15) is 25.0 Å². The van der Waals surface area contributed by atoms with Crippen LogP contribution in [0.5, 0.6) is 11.5 Å². The lowest BCUT2D eigenvalue weighted by Gasteiger charge is -2.30. The lowest BCUT2D eigenvalue weighted by atomic mass is 9.81. The first-order chi connectivity index (χ1) is 29.1. The van der Waals surface area contributed by atoms with Crippen molar-refractivity contribution in [1.82, 2.24) is 0 Å².